The topological polar surface area (TPSA) is 87.1 Å². The number of benzene rings is 1. The zero-order valence-corrected chi connectivity index (χ0v) is 11.4. The van der Waals surface area contributed by atoms with Crippen LogP contribution >= 0.6 is 0 Å². The Bertz CT molecular complexity index is 528. The van der Waals surface area contributed by atoms with Gasteiger partial charge in [0.15, 0.2) is 11.3 Å². The van der Waals surface area contributed by atoms with Gasteiger partial charge >= 0.3 is 12.1 Å². The number of carbonyl (C=O) groups is 2. The van der Waals surface area contributed by atoms with Crippen molar-refractivity contribution in [3.05, 3.63) is 35.9 Å². The lowest BCUT2D eigenvalue weighted by Crippen LogP contribution is -2.57. The fourth-order valence-corrected chi connectivity index (χ4v) is 2.35. The van der Waals surface area contributed by atoms with Crippen molar-refractivity contribution < 1.29 is 24.5 Å². The van der Waals surface area contributed by atoms with Gasteiger partial charge < -0.3 is 14.9 Å². The van der Waals surface area contributed by atoms with Gasteiger partial charge in [-0.15, -0.1) is 0 Å². The van der Waals surface area contributed by atoms with Crippen molar-refractivity contribution in [3.63, 3.8) is 0 Å². The quantitative estimate of drug-likeness (QED) is 0.865. The minimum Gasteiger partial charge on any atom is -0.480 e. The zero-order valence-electron chi connectivity index (χ0n) is 11.4. The molecule has 0 spiro atoms. The second-order valence-electron chi connectivity index (χ2n) is 5.26. The Morgan fingerprint density at radius 1 is 1.30 bits per heavy atom. The van der Waals surface area contributed by atoms with Crippen LogP contribution in [0.1, 0.15) is 19.4 Å². The number of carboxylic acids is 1. The van der Waals surface area contributed by atoms with Gasteiger partial charge in [0.2, 0.25) is 0 Å². The Kier molecular flexibility index (Phi) is 3.43. The van der Waals surface area contributed by atoms with Crippen LogP contribution in [0.4, 0.5) is 4.79 Å². The van der Waals surface area contributed by atoms with E-state index < -0.39 is 29.9 Å². The largest absolute Gasteiger partial charge is 0.480 e. The molecule has 108 valence electrons. The number of nitrogens with zero attached hydrogens (tertiary/aromatic N) is 1. The Morgan fingerprint density at radius 2 is 1.90 bits per heavy atom. The highest BCUT2D eigenvalue weighted by atomic mass is 16.6. The fourth-order valence-electron chi connectivity index (χ4n) is 2.35. The molecule has 1 aliphatic heterocycles. The van der Waals surface area contributed by atoms with Crippen LogP contribution < -0.4 is 0 Å². The molecule has 1 fully saturated rings. The first kappa shape index (κ1) is 14.3. The summed E-state index contributed by atoms with van der Waals surface area (Å²) in [6.45, 7) is 2.39. The van der Waals surface area contributed by atoms with Crippen LogP contribution in [-0.4, -0.2) is 45.0 Å². The van der Waals surface area contributed by atoms with E-state index in [2.05, 4.69) is 0 Å². The number of ether oxygens (including phenoxy) is 1. The number of rotatable bonds is 4. The third-order valence-electron chi connectivity index (χ3n) is 3.74. The van der Waals surface area contributed by atoms with Crippen molar-refractivity contribution in [1.29, 1.82) is 0 Å². The van der Waals surface area contributed by atoms with Gasteiger partial charge in [0.25, 0.3) is 0 Å². The summed E-state index contributed by atoms with van der Waals surface area (Å²) in [5, 5.41) is 19.4. The Hall–Kier alpha value is -2.08. The first-order valence-electron chi connectivity index (χ1n) is 6.25. The molecule has 0 radical (unpaired) electrons. The van der Waals surface area contributed by atoms with E-state index in [4.69, 9.17) is 9.84 Å². The molecule has 2 atom stereocenters. The number of hydrogen-bond acceptors (Lipinski definition) is 4. The highest BCUT2D eigenvalue weighted by molar-refractivity contribution is 5.79. The monoisotopic (exact) mass is 279 g/mol. The second kappa shape index (κ2) is 4.79. The molecule has 2 N–H and O–H groups in total. The van der Waals surface area contributed by atoms with Gasteiger partial charge in [0.05, 0.1) is 0 Å². The van der Waals surface area contributed by atoms with Gasteiger partial charge in [0, 0.05) is 6.42 Å². The molecule has 2 unspecified atom stereocenters. The summed E-state index contributed by atoms with van der Waals surface area (Å²) in [5.74, 6) is -1.20. The minimum atomic E-state index is -1.70. The molecule has 20 heavy (non-hydrogen) atoms. The SMILES string of the molecule is CC1(Cc2ccccc2)OC(=O)N(CC(=O)O)C1(C)O. The molecule has 6 nitrogen and oxygen atoms in total. The van der Waals surface area contributed by atoms with Gasteiger partial charge in [0.1, 0.15) is 6.54 Å². The normalized spacial score (nSPS) is 29.4. The van der Waals surface area contributed by atoms with E-state index in [-0.39, 0.29) is 0 Å². The molecular formula is C14H17NO5. The molecule has 0 aliphatic carbocycles. The van der Waals surface area contributed by atoms with Gasteiger partial charge in [-0.25, -0.2) is 4.79 Å². The molecule has 1 aromatic rings. The predicted molar refractivity (Wildman–Crippen MR) is 70.0 cm³/mol. The third kappa shape index (κ3) is 2.34. The maximum Gasteiger partial charge on any atom is 0.413 e. The Morgan fingerprint density at radius 3 is 2.45 bits per heavy atom. The summed E-state index contributed by atoms with van der Waals surface area (Å²) >= 11 is 0. The van der Waals surface area contributed by atoms with E-state index in [0.29, 0.717) is 6.42 Å². The summed E-state index contributed by atoms with van der Waals surface area (Å²) in [6, 6.07) is 9.27. The van der Waals surface area contributed by atoms with Crippen molar-refractivity contribution in [1.82, 2.24) is 4.90 Å². The summed E-state index contributed by atoms with van der Waals surface area (Å²) in [5.41, 5.74) is -2.01. The predicted octanol–water partition coefficient (Wildman–Crippen LogP) is 1.23. The van der Waals surface area contributed by atoms with E-state index in [1.807, 2.05) is 30.3 Å². The molecule has 6 heteroatoms. The highest BCUT2D eigenvalue weighted by Crippen LogP contribution is 2.39. The Labute approximate surface area is 116 Å². The summed E-state index contributed by atoms with van der Waals surface area (Å²) in [4.78, 5) is 23.4. The average molecular weight is 279 g/mol. The maximum absolute atomic E-state index is 11.8. The van der Waals surface area contributed by atoms with Crippen LogP contribution in [0.25, 0.3) is 0 Å². The molecule has 1 amide bonds. The van der Waals surface area contributed by atoms with E-state index in [9.17, 15) is 14.7 Å². The average Bonchev–Trinajstić information content (AvgIpc) is 2.50. The Balaban J connectivity index is 2.28. The van der Waals surface area contributed by atoms with Crippen molar-refractivity contribution in [2.75, 3.05) is 6.54 Å². The third-order valence-corrected chi connectivity index (χ3v) is 3.74. The zero-order chi connectivity index (χ0) is 15.0. The molecule has 2 rings (SSSR count). The van der Waals surface area contributed by atoms with Gasteiger partial charge in [-0.1, -0.05) is 30.3 Å². The molecule has 0 bridgehead atoms. The number of carbonyl (C=O) groups excluding carboxylic acids is 1. The molecule has 0 saturated carbocycles. The van der Waals surface area contributed by atoms with E-state index in [1.54, 1.807) is 6.92 Å². The van der Waals surface area contributed by atoms with Crippen LogP contribution in [0.5, 0.6) is 0 Å². The smallest absolute Gasteiger partial charge is 0.413 e. The molecular weight excluding hydrogens is 262 g/mol. The number of aliphatic carboxylic acids is 1. The second-order valence-corrected chi connectivity index (χ2v) is 5.26. The van der Waals surface area contributed by atoms with Gasteiger partial charge in [-0.3, -0.25) is 9.69 Å². The molecule has 1 aromatic carbocycles. The lowest BCUT2D eigenvalue weighted by Gasteiger charge is -2.36. The molecule has 1 heterocycles. The summed E-state index contributed by atoms with van der Waals surface area (Å²) in [6.07, 6.45) is -0.529. The van der Waals surface area contributed by atoms with Gasteiger partial charge in [-0.2, -0.15) is 0 Å². The van der Waals surface area contributed by atoms with Crippen LogP contribution in [0.15, 0.2) is 30.3 Å². The van der Waals surface area contributed by atoms with E-state index in [0.717, 1.165) is 10.5 Å². The maximum atomic E-state index is 11.8. The summed E-state index contributed by atoms with van der Waals surface area (Å²) < 4.78 is 5.26. The standard InChI is InChI=1S/C14H17NO5/c1-13(8-10-6-4-3-5-7-10)14(2,19)15(9-11(16)17)12(18)20-13/h3-7,19H,8-9H2,1-2H3,(H,16,17). The lowest BCUT2D eigenvalue weighted by atomic mass is 9.87. The van der Waals surface area contributed by atoms with Crippen molar-refractivity contribution in [3.8, 4) is 0 Å². The van der Waals surface area contributed by atoms with E-state index >= 15 is 0 Å². The number of aliphatic hydroxyl groups is 1. The fraction of sp³-hybridized carbons (Fsp3) is 0.429. The number of carboxylic acid groups (broad SMARTS) is 1. The van der Waals surface area contributed by atoms with Crippen molar-refractivity contribution in [2.24, 2.45) is 0 Å². The molecule has 1 saturated heterocycles. The van der Waals surface area contributed by atoms with Crippen molar-refractivity contribution >= 4 is 12.1 Å². The van der Waals surface area contributed by atoms with Crippen LogP contribution in [0.3, 0.4) is 0 Å². The molecule has 0 aromatic heterocycles. The minimum absolute atomic E-state index is 0.294. The number of cyclic esters (lactones) is 1. The first-order valence-corrected chi connectivity index (χ1v) is 6.25. The van der Waals surface area contributed by atoms with Gasteiger partial charge in [-0.05, 0) is 19.4 Å². The first-order chi connectivity index (χ1) is 9.26. The lowest BCUT2D eigenvalue weighted by molar-refractivity contribution is -0.153. The number of hydrogen-bond donors (Lipinski definition) is 2. The van der Waals surface area contributed by atoms with Crippen LogP contribution in [0.2, 0.25) is 0 Å². The summed E-state index contributed by atoms with van der Waals surface area (Å²) in [7, 11) is 0. The van der Waals surface area contributed by atoms with Crippen LogP contribution in [0, 0.1) is 0 Å². The van der Waals surface area contributed by atoms with Crippen LogP contribution in [-0.2, 0) is 16.0 Å². The number of amides is 1. The highest BCUT2D eigenvalue weighted by Gasteiger charge is 2.59. The molecule has 1 aliphatic rings. The van der Waals surface area contributed by atoms with Crippen molar-refractivity contribution in [2.45, 2.75) is 31.6 Å². The van der Waals surface area contributed by atoms with E-state index in [1.165, 1.54) is 6.92 Å².